The summed E-state index contributed by atoms with van der Waals surface area (Å²) in [6, 6.07) is 10.3. The first kappa shape index (κ1) is 16.6. The van der Waals surface area contributed by atoms with Gasteiger partial charge in [-0.05, 0) is 30.7 Å². The highest BCUT2D eigenvalue weighted by Gasteiger charge is 2.20. The van der Waals surface area contributed by atoms with Crippen LogP contribution in [0.1, 0.15) is 15.9 Å². The Kier molecular flexibility index (Phi) is 4.43. The van der Waals surface area contributed by atoms with Gasteiger partial charge in [0.2, 0.25) is 0 Å². The topological polar surface area (TPSA) is 62.2 Å². The van der Waals surface area contributed by atoms with Crippen LogP contribution in [-0.2, 0) is 0 Å². The molecule has 0 spiro atoms. The minimum absolute atomic E-state index is 0.0796. The number of hydrogen-bond acceptors (Lipinski definition) is 3. The Labute approximate surface area is 142 Å². The maximum Gasteiger partial charge on any atom is 0.338 e. The molecule has 0 saturated heterocycles. The van der Waals surface area contributed by atoms with E-state index in [-0.39, 0.29) is 28.1 Å². The number of rotatable bonds is 4. The quantitative estimate of drug-likeness (QED) is 0.718. The number of halogens is 2. The van der Waals surface area contributed by atoms with Crippen molar-refractivity contribution in [2.45, 2.75) is 6.92 Å². The van der Waals surface area contributed by atoms with Crippen molar-refractivity contribution in [2.75, 3.05) is 5.32 Å². The Morgan fingerprint density at radius 3 is 2.44 bits per heavy atom. The van der Waals surface area contributed by atoms with Crippen LogP contribution >= 0.6 is 0 Å². The molecule has 0 aliphatic rings. The normalized spacial score (nSPS) is 10.5. The van der Waals surface area contributed by atoms with Crippen molar-refractivity contribution in [3.63, 3.8) is 0 Å². The van der Waals surface area contributed by atoms with E-state index in [9.17, 15) is 18.7 Å². The first-order valence-electron chi connectivity index (χ1n) is 7.46. The molecule has 0 amide bonds. The van der Waals surface area contributed by atoms with Gasteiger partial charge >= 0.3 is 5.97 Å². The number of aryl methyl sites for hydroxylation is 1. The summed E-state index contributed by atoms with van der Waals surface area (Å²) in [5.74, 6) is -2.35. The van der Waals surface area contributed by atoms with E-state index >= 15 is 0 Å². The van der Waals surface area contributed by atoms with Crippen LogP contribution in [0.3, 0.4) is 0 Å². The van der Waals surface area contributed by atoms with Gasteiger partial charge in [0.05, 0.1) is 23.1 Å². The van der Waals surface area contributed by atoms with Crippen molar-refractivity contribution in [3.05, 3.63) is 77.6 Å². The molecule has 0 aliphatic carbocycles. The van der Waals surface area contributed by atoms with Gasteiger partial charge in [0, 0.05) is 17.3 Å². The summed E-state index contributed by atoms with van der Waals surface area (Å²) in [7, 11) is 0. The molecular formula is C19H14F2N2O2. The van der Waals surface area contributed by atoms with E-state index in [4.69, 9.17) is 0 Å². The fourth-order valence-corrected chi connectivity index (χ4v) is 2.54. The van der Waals surface area contributed by atoms with E-state index < -0.39 is 17.6 Å². The number of benzene rings is 2. The molecule has 0 radical (unpaired) electrons. The van der Waals surface area contributed by atoms with Gasteiger partial charge in [-0.3, -0.25) is 4.98 Å². The molecule has 3 aromatic rings. The summed E-state index contributed by atoms with van der Waals surface area (Å²) in [5.41, 5.74) is 0.972. The number of carboxylic acids is 1. The van der Waals surface area contributed by atoms with Crippen LogP contribution < -0.4 is 5.32 Å². The Bertz CT molecular complexity index is 958. The fourth-order valence-electron chi connectivity index (χ4n) is 2.54. The van der Waals surface area contributed by atoms with Crippen LogP contribution in [-0.4, -0.2) is 16.1 Å². The molecule has 0 atom stereocenters. The number of nitrogens with one attached hydrogen (secondary N) is 1. The van der Waals surface area contributed by atoms with Gasteiger partial charge in [0.1, 0.15) is 11.6 Å². The Morgan fingerprint density at radius 2 is 1.76 bits per heavy atom. The van der Waals surface area contributed by atoms with E-state index in [1.54, 1.807) is 19.1 Å². The summed E-state index contributed by atoms with van der Waals surface area (Å²) in [6.45, 7) is 1.75. The van der Waals surface area contributed by atoms with Crippen molar-refractivity contribution in [2.24, 2.45) is 0 Å². The summed E-state index contributed by atoms with van der Waals surface area (Å²) in [4.78, 5) is 15.7. The molecule has 2 aromatic carbocycles. The lowest BCUT2D eigenvalue weighted by atomic mass is 10.00. The number of nitrogens with zero attached hydrogens (tertiary/aromatic N) is 1. The Balaban J connectivity index is 2.13. The SMILES string of the molecule is Cc1ccc(Nc2cncc(-c3ccccc3F)c2C(=O)O)c(F)c1. The van der Waals surface area contributed by atoms with Gasteiger partial charge in [-0.2, -0.15) is 0 Å². The summed E-state index contributed by atoms with van der Waals surface area (Å²) in [6.07, 6.45) is 2.55. The highest BCUT2D eigenvalue weighted by Crippen LogP contribution is 2.32. The average Bonchev–Trinajstić information content (AvgIpc) is 2.57. The van der Waals surface area contributed by atoms with Gasteiger partial charge in [-0.1, -0.05) is 24.3 Å². The second kappa shape index (κ2) is 6.68. The Hall–Kier alpha value is -3.28. The molecule has 0 saturated carbocycles. The molecular weight excluding hydrogens is 326 g/mol. The number of carboxylic acid groups (broad SMARTS) is 1. The third-order valence-electron chi connectivity index (χ3n) is 3.72. The molecule has 25 heavy (non-hydrogen) atoms. The lowest BCUT2D eigenvalue weighted by Gasteiger charge is -2.14. The highest BCUT2D eigenvalue weighted by molar-refractivity contribution is 6.02. The first-order chi connectivity index (χ1) is 12.0. The number of carbonyl (C=O) groups is 1. The largest absolute Gasteiger partial charge is 0.478 e. The van der Waals surface area contributed by atoms with E-state index in [2.05, 4.69) is 10.3 Å². The minimum atomic E-state index is -1.27. The van der Waals surface area contributed by atoms with Gasteiger partial charge in [0.15, 0.2) is 0 Å². The van der Waals surface area contributed by atoms with Crippen molar-refractivity contribution in [1.29, 1.82) is 0 Å². The van der Waals surface area contributed by atoms with Gasteiger partial charge < -0.3 is 10.4 Å². The van der Waals surface area contributed by atoms with Crippen LogP contribution in [0.5, 0.6) is 0 Å². The van der Waals surface area contributed by atoms with Gasteiger partial charge in [0.25, 0.3) is 0 Å². The predicted molar refractivity (Wildman–Crippen MR) is 91.0 cm³/mol. The number of anilines is 2. The van der Waals surface area contributed by atoms with Crippen molar-refractivity contribution in [3.8, 4) is 11.1 Å². The number of aromatic carboxylic acids is 1. The zero-order valence-corrected chi connectivity index (χ0v) is 13.3. The van der Waals surface area contributed by atoms with Crippen LogP contribution in [0, 0.1) is 18.6 Å². The Morgan fingerprint density at radius 1 is 1.00 bits per heavy atom. The number of aromatic nitrogens is 1. The van der Waals surface area contributed by atoms with Gasteiger partial charge in [-0.15, -0.1) is 0 Å². The van der Waals surface area contributed by atoms with Crippen molar-refractivity contribution >= 4 is 17.3 Å². The first-order valence-corrected chi connectivity index (χ1v) is 7.46. The van der Waals surface area contributed by atoms with E-state index in [1.807, 2.05) is 0 Å². The van der Waals surface area contributed by atoms with Crippen molar-refractivity contribution in [1.82, 2.24) is 4.98 Å². The molecule has 4 nitrogen and oxygen atoms in total. The van der Waals surface area contributed by atoms with E-state index in [0.717, 1.165) is 5.56 Å². The predicted octanol–water partition coefficient (Wildman–Crippen LogP) is 4.78. The summed E-state index contributed by atoms with van der Waals surface area (Å²) in [5, 5.41) is 12.3. The lowest BCUT2D eigenvalue weighted by Crippen LogP contribution is -2.07. The third-order valence-corrected chi connectivity index (χ3v) is 3.72. The van der Waals surface area contributed by atoms with Crippen LogP contribution in [0.4, 0.5) is 20.2 Å². The standard InChI is InChI=1S/C19H14F2N2O2/c1-11-6-7-16(15(21)8-11)23-17-10-22-9-13(18(17)19(24)25)12-4-2-3-5-14(12)20/h2-10,23H,1H3,(H,24,25). The zero-order chi connectivity index (χ0) is 18.0. The van der Waals surface area contributed by atoms with Gasteiger partial charge in [-0.25, -0.2) is 13.6 Å². The smallest absolute Gasteiger partial charge is 0.338 e. The number of hydrogen-bond donors (Lipinski definition) is 2. The maximum atomic E-state index is 14.1. The second-order valence-electron chi connectivity index (χ2n) is 5.50. The fraction of sp³-hybridized carbons (Fsp3) is 0.0526. The molecule has 2 N–H and O–H groups in total. The third kappa shape index (κ3) is 3.33. The van der Waals surface area contributed by atoms with E-state index in [0.29, 0.717) is 0 Å². The zero-order valence-electron chi connectivity index (χ0n) is 13.3. The van der Waals surface area contributed by atoms with Crippen LogP contribution in [0.2, 0.25) is 0 Å². The molecule has 6 heteroatoms. The van der Waals surface area contributed by atoms with Crippen LogP contribution in [0.25, 0.3) is 11.1 Å². The van der Waals surface area contributed by atoms with Crippen LogP contribution in [0.15, 0.2) is 54.9 Å². The second-order valence-corrected chi connectivity index (χ2v) is 5.50. The van der Waals surface area contributed by atoms with Crippen molar-refractivity contribution < 1.29 is 18.7 Å². The average molecular weight is 340 g/mol. The lowest BCUT2D eigenvalue weighted by molar-refractivity contribution is 0.0698. The molecule has 3 rings (SSSR count). The number of pyridine rings is 1. The molecule has 1 heterocycles. The molecule has 0 unspecified atom stereocenters. The molecule has 126 valence electrons. The monoisotopic (exact) mass is 340 g/mol. The highest BCUT2D eigenvalue weighted by atomic mass is 19.1. The molecule has 0 aliphatic heterocycles. The summed E-state index contributed by atoms with van der Waals surface area (Å²) < 4.78 is 28.2. The maximum absolute atomic E-state index is 14.1. The minimum Gasteiger partial charge on any atom is -0.478 e. The molecule has 1 aromatic heterocycles. The molecule has 0 fully saturated rings. The molecule has 0 bridgehead atoms. The van der Waals surface area contributed by atoms with E-state index in [1.165, 1.54) is 42.7 Å². The summed E-state index contributed by atoms with van der Waals surface area (Å²) >= 11 is 0.